The van der Waals surface area contributed by atoms with Gasteiger partial charge in [0.2, 0.25) is 11.7 Å². The van der Waals surface area contributed by atoms with E-state index in [1.165, 1.54) is 35.4 Å². The van der Waals surface area contributed by atoms with Gasteiger partial charge in [-0.15, -0.1) is 17.4 Å². The summed E-state index contributed by atoms with van der Waals surface area (Å²) in [6, 6.07) is 18.9. The largest absolute Gasteiger partial charge is 1.00 e. The number of azide groups is 1. The molecule has 3 radical (unpaired) electrons. The monoisotopic (exact) mass is 2200 g/mol. The number of imide groups is 1. The Bertz CT molecular complexity index is 5840. The van der Waals surface area contributed by atoms with Crippen LogP contribution >= 0.6 is 7.60 Å². The van der Waals surface area contributed by atoms with Crippen molar-refractivity contribution in [1.29, 1.82) is 0 Å². The molecule has 5 atom stereocenters. The summed E-state index contributed by atoms with van der Waals surface area (Å²) in [5.74, 6) is -5.34. The third-order valence-electron chi connectivity index (χ3n) is 18.2. The van der Waals surface area contributed by atoms with E-state index in [1.54, 1.807) is 91.5 Å². The summed E-state index contributed by atoms with van der Waals surface area (Å²) in [6.45, 7) is 16.4. The van der Waals surface area contributed by atoms with Crippen molar-refractivity contribution in [3.63, 3.8) is 0 Å². The number of amides is 4. The van der Waals surface area contributed by atoms with Gasteiger partial charge in [0.15, 0.2) is 0 Å². The number of pyridine rings is 4. The Labute approximate surface area is 949 Å². The molecule has 0 saturated carbocycles. The molecule has 0 spiro atoms. The number of carbonyl (C=O) groups is 8. The number of Topliss-reactive ketones (excluding diaryl/α,β-unsaturated/α-hetero) is 3. The van der Waals surface area contributed by atoms with Gasteiger partial charge in [0.25, 0.3) is 6.47 Å². The van der Waals surface area contributed by atoms with E-state index in [9.17, 15) is 122 Å². The number of alkyl carbamates (subject to hydrolysis) is 1. The molecule has 9 heterocycles. The number of terminal acetylenes is 1. The average molecular weight is 2200 g/mol. The number of aliphatic hydroxyl groups excluding tert-OH is 1. The molecular weight excluding hydrogens is 2090 g/mol. The number of carbonyl (C=O) groups excluding carboxylic acids is 8. The van der Waals surface area contributed by atoms with E-state index in [-0.39, 0.29) is 209 Å². The van der Waals surface area contributed by atoms with Crippen molar-refractivity contribution >= 4 is 97.0 Å². The SMILES string of the molecule is C.C.C.C#CCC[C@H](Cc1ccc(C(F)(F)F)nc1)NC(=O)OC(C)(C)C.CC(C)(C)OC(=O)N1C(=O)CC[C@@H]1Cc1ccc(C(F)(F)F)nc1.CC(C)(C)OC(=O)N1C(O)CC[C@@H]1Cc1ccc(C(F)(F)F)nc1.COP(=O)(OC)C(=[N+]=[N-])C(C)=O.N[C@H](CCc1cn(-c2ccc3[nH]ncc3c2)nn1)Cc1ccc(C(F)(F)F)nc1.O=C(C(=O)C(F)(F)F)C(F)(F)F.O=CO[O-].[B].[H-].[H-].[K+].[K+].[N-]=[N+]=Nc1ccc2[nH]ncc2c1.[Na+]. The standard InChI is InChI=1S/C19H18F3N7.C17H21F3N2O2.C16H21F3N2O3.C16H19F3N2O3.C7H5N5.C5H9N2O4P.C4F6O2.CH2O3.3CH4.B.2K.Na.2H/c20-19(21,22)18-6-1-12(9-24-18)7-14(23)2-3-15-11-29(28-26-15)16-4-5-17-13(8-16)10-25-27-17;1-5-6-7-13(22-15(23)24-16(2,3)4)10-12-8-9-14(21-11-12)17(18,19)20;2*1-15(2,3)24-14(23)21-11(5-7-13(21)22)8-10-4-6-12(20-9-10)16(17,18)19;8-12-10-6-1-2-7-5(3-6)4-9-11-7;1-4(8)5(7-6)12(9,10-2)11-3;5-3(6,7)1(11)2(12)4(8,9)10;2-1-4-3;;;;;;;;;/h1,4-6,8-11,14H,2-3,7,23H2,(H,25,27);1,8-9,11,13H,6-7,10H2,2-4H3,(H,22,23);4,6,9,11,13,22H,5,7-8H2,1-3H3;4,6,9,11H,5,7-8H2,1-3H3;1-4H,(H,9,11);1-3H3;;1,3H;3*1H4;;;;;;/q;;;;;;;;;;;;3*+1;2*-1/p-1/t14-;13-;11-,13?;11-;;;;;;;;;;;;;/m1111............./s1. The minimum atomic E-state index is -5.77. The Balaban J connectivity index is -0.000000405. The number of benzene rings is 2. The molecule has 1 unspecified atom stereocenters. The van der Waals surface area contributed by atoms with E-state index < -0.39 is 138 Å². The van der Waals surface area contributed by atoms with Gasteiger partial charge in [0.1, 0.15) is 45.8 Å². The number of ketones is 3. The molecule has 2 aromatic carbocycles. The normalized spacial score (nSPS) is 14.1. The minimum absolute atomic E-state index is 0. The summed E-state index contributed by atoms with van der Waals surface area (Å²) in [5.41, 5.74) is 22.6. The maximum Gasteiger partial charge on any atom is 1.00 e. The minimum Gasteiger partial charge on any atom is -1.00 e. The van der Waals surface area contributed by atoms with Crippen molar-refractivity contribution in [2.24, 2.45) is 10.8 Å². The van der Waals surface area contributed by atoms with Crippen LogP contribution in [0.25, 0.3) is 43.5 Å². The molecule has 2 fully saturated rings. The van der Waals surface area contributed by atoms with Crippen LogP contribution in [0.5, 0.6) is 0 Å². The van der Waals surface area contributed by atoms with Crippen LogP contribution in [0.4, 0.5) is 99.1 Å². The van der Waals surface area contributed by atoms with Gasteiger partial charge in [-0.3, -0.25) is 59.0 Å². The molecule has 60 heteroatoms. The molecule has 0 bridgehead atoms. The first-order valence-electron chi connectivity index (χ1n) is 41.0. The number of likely N-dealkylation sites (tertiary alicyclic amines) is 2. The van der Waals surface area contributed by atoms with Crippen LogP contribution in [0.3, 0.4) is 0 Å². The molecule has 2 saturated heterocycles. The zero-order chi connectivity index (χ0) is 107. The van der Waals surface area contributed by atoms with Crippen LogP contribution in [-0.2, 0) is 113 Å². The number of aromatic nitrogens is 11. The quantitative estimate of drug-likeness (QED) is 0.00336. The Morgan fingerprint density at radius 1 is 0.628 bits per heavy atom. The number of nitrogens with one attached hydrogen (secondary N) is 3. The fourth-order valence-corrected chi connectivity index (χ4v) is 13.0. The molecule has 9 aromatic rings. The molecule has 6 N–H and O–H groups in total. The molecule has 799 valence electrons. The number of H-pyrrole nitrogens is 2. The summed E-state index contributed by atoms with van der Waals surface area (Å²) in [7, 11) is -1.51. The zero-order valence-electron chi connectivity index (χ0n) is 82.2. The van der Waals surface area contributed by atoms with Crippen LogP contribution in [0, 0.1) is 12.3 Å². The van der Waals surface area contributed by atoms with Crippen molar-refractivity contribution < 1.29 is 300 Å². The number of hydrogen-bond donors (Lipinski definition) is 5. The van der Waals surface area contributed by atoms with E-state index in [2.05, 4.69) is 90.6 Å². The summed E-state index contributed by atoms with van der Waals surface area (Å²) in [5, 5.41) is 48.4. The van der Waals surface area contributed by atoms with Crippen molar-refractivity contribution in [1.82, 2.24) is 70.4 Å². The first-order chi connectivity index (χ1) is 65.2. The Hall–Kier alpha value is -9.56. The maximum absolute atomic E-state index is 12.6. The average Bonchev–Trinajstić information content (AvgIpc) is 1.67. The van der Waals surface area contributed by atoms with Gasteiger partial charge >= 0.3 is 212 Å². The van der Waals surface area contributed by atoms with Gasteiger partial charge in [-0.2, -0.15) is 94.0 Å². The number of halogens is 18. The van der Waals surface area contributed by atoms with E-state index in [1.807, 2.05) is 30.5 Å². The molecule has 2 aliphatic heterocycles. The Morgan fingerprint density at radius 3 is 1.43 bits per heavy atom. The van der Waals surface area contributed by atoms with E-state index >= 15 is 0 Å². The smallest absolute Gasteiger partial charge is 1.00 e. The zero-order valence-corrected chi connectivity index (χ0v) is 89.3. The predicted octanol–water partition coefficient (Wildman–Crippen LogP) is 9.58. The van der Waals surface area contributed by atoms with E-state index in [4.69, 9.17) is 47.5 Å². The second-order valence-electron chi connectivity index (χ2n) is 32.8. The van der Waals surface area contributed by atoms with Crippen LogP contribution in [-0.4, -0.2) is 211 Å². The maximum atomic E-state index is 12.6. The molecule has 11 rings (SSSR count). The first kappa shape index (κ1) is 145. The molecule has 148 heavy (non-hydrogen) atoms. The number of nitrogens with two attached hydrogens (primary N) is 1. The van der Waals surface area contributed by atoms with Gasteiger partial charge in [-0.05, 0) is 209 Å². The number of fused-ring (bicyclic) bond motifs is 2. The molecular formula is C88H108BF18K2N20NaO17P. The molecule has 37 nitrogen and oxygen atoms in total. The van der Waals surface area contributed by atoms with Gasteiger partial charge in [-0.1, -0.05) is 62.9 Å². The summed E-state index contributed by atoms with van der Waals surface area (Å²) < 4.78 is 255. The van der Waals surface area contributed by atoms with Crippen molar-refractivity contribution in [3.05, 3.63) is 195 Å². The number of aromatic amines is 2. The first-order valence-corrected chi connectivity index (χ1v) is 42.5. The molecule has 7 aromatic heterocycles. The fourth-order valence-electron chi connectivity index (χ4n) is 12.0. The number of aliphatic hydroxyl groups is 1. The van der Waals surface area contributed by atoms with Gasteiger partial charge < -0.3 is 57.9 Å². The molecule has 2 aliphatic rings. The van der Waals surface area contributed by atoms with Crippen LogP contribution in [0.15, 0.2) is 133 Å². The second kappa shape index (κ2) is 65.0. The fraction of sp³-hybridized carbons (Fsp3) is 0.466. The number of hydrogen-bond acceptors (Lipinski definition) is 27. The summed E-state index contributed by atoms with van der Waals surface area (Å²) in [6.07, 6.45) is -12.1. The number of ether oxygens (including phenoxy) is 3. The number of aryl methyl sites for hydroxylation is 1. The van der Waals surface area contributed by atoms with Gasteiger partial charge in [-0.25, -0.2) is 28.5 Å². The van der Waals surface area contributed by atoms with Gasteiger partial charge in [0.05, 0.1) is 41.0 Å². The molecule has 0 aliphatic carbocycles. The second-order valence-corrected chi connectivity index (χ2v) is 34.9. The Morgan fingerprint density at radius 2 is 1.05 bits per heavy atom. The van der Waals surface area contributed by atoms with Gasteiger partial charge in [0, 0.05) is 113 Å². The topological polar surface area (TPSA) is 522 Å². The van der Waals surface area contributed by atoms with Crippen molar-refractivity contribution in [2.45, 2.75) is 253 Å². The predicted molar refractivity (Wildman–Crippen MR) is 487 cm³/mol. The van der Waals surface area contributed by atoms with E-state index in [0.717, 1.165) is 102 Å². The van der Waals surface area contributed by atoms with Crippen LogP contribution in [0.2, 0.25) is 0 Å². The van der Waals surface area contributed by atoms with E-state index in [0.29, 0.717) is 92.1 Å². The third kappa shape index (κ3) is 51.0. The van der Waals surface area contributed by atoms with Crippen LogP contribution in [0.1, 0.15) is 190 Å². The molecule has 4 amide bonds. The third-order valence-corrected chi connectivity index (χ3v) is 20.1. The van der Waals surface area contributed by atoms with Crippen LogP contribution < -0.4 is 149 Å². The Kier molecular flexibility index (Phi) is 63.5. The number of alkyl halides is 18. The number of nitrogens with zero attached hydrogens (tertiary/aromatic N) is 16. The van der Waals surface area contributed by atoms with Crippen molar-refractivity contribution in [3.8, 4) is 18.0 Å². The summed E-state index contributed by atoms with van der Waals surface area (Å²) >= 11 is 0. The van der Waals surface area contributed by atoms with Crippen molar-refractivity contribution in [2.75, 3.05) is 14.2 Å². The summed E-state index contributed by atoms with van der Waals surface area (Å²) in [4.78, 5) is 111. The number of rotatable bonds is 22.